The summed E-state index contributed by atoms with van der Waals surface area (Å²) in [6, 6.07) is 5.12. The Balaban J connectivity index is 1.77. The van der Waals surface area contributed by atoms with Crippen LogP contribution in [0.3, 0.4) is 0 Å². The maximum absolute atomic E-state index is 12.4. The molecule has 2 aliphatic heterocycles. The first-order valence-electron chi connectivity index (χ1n) is 7.22. The molecule has 118 valence electrons. The Morgan fingerprint density at radius 3 is 2.77 bits per heavy atom. The van der Waals surface area contributed by atoms with Gasteiger partial charge in [-0.15, -0.1) is 0 Å². The summed E-state index contributed by atoms with van der Waals surface area (Å²) in [6.07, 6.45) is 1.45. The number of carbonyl (C=O) groups excluding carboxylic acids is 2. The molecule has 22 heavy (non-hydrogen) atoms. The lowest BCUT2D eigenvalue weighted by Gasteiger charge is -2.24. The molecular formula is C15H18N2O4S. The number of amides is 2. The van der Waals surface area contributed by atoms with Gasteiger partial charge in [-0.3, -0.25) is 9.59 Å². The largest absolute Gasteiger partial charge is 0.346 e. The Kier molecular flexibility index (Phi) is 3.47. The minimum atomic E-state index is -3.06. The van der Waals surface area contributed by atoms with Crippen LogP contribution in [0.5, 0.6) is 0 Å². The number of aryl methyl sites for hydroxylation is 1. The first kappa shape index (κ1) is 15.0. The van der Waals surface area contributed by atoms with Gasteiger partial charge in [0.2, 0.25) is 5.91 Å². The van der Waals surface area contributed by atoms with Gasteiger partial charge in [0.05, 0.1) is 17.0 Å². The average Bonchev–Trinajstić information content (AvgIpc) is 2.71. The maximum atomic E-state index is 12.4. The van der Waals surface area contributed by atoms with Crippen LogP contribution in [0.15, 0.2) is 18.2 Å². The van der Waals surface area contributed by atoms with Crippen LogP contribution in [0, 0.1) is 0 Å². The summed E-state index contributed by atoms with van der Waals surface area (Å²) in [6.45, 7) is 1.76. The zero-order valence-corrected chi connectivity index (χ0v) is 13.1. The monoisotopic (exact) mass is 322 g/mol. The Morgan fingerprint density at radius 1 is 1.32 bits per heavy atom. The number of benzene rings is 1. The van der Waals surface area contributed by atoms with Crippen molar-refractivity contribution in [2.45, 2.75) is 31.7 Å². The highest BCUT2D eigenvalue weighted by molar-refractivity contribution is 7.91. The molecule has 7 heteroatoms. The molecule has 2 heterocycles. The zero-order valence-electron chi connectivity index (χ0n) is 12.3. The standard InChI is InChI=1S/C15H18N2O4S/c1-15(6-7-22(20,21)9-15)17-14(19)11-2-4-12-10(8-11)3-5-13(18)16-12/h2,4,8H,3,5-7,9H2,1H3,(H,16,18)(H,17,19)/t15-/m0/s1. The molecule has 1 fully saturated rings. The van der Waals surface area contributed by atoms with Gasteiger partial charge in [-0.1, -0.05) is 0 Å². The minimum Gasteiger partial charge on any atom is -0.346 e. The lowest BCUT2D eigenvalue weighted by atomic mass is 9.98. The number of sulfone groups is 1. The SMILES string of the molecule is C[C@]1(NC(=O)c2ccc3c(c2)CCC(=O)N3)CCS(=O)(=O)C1. The molecule has 0 bridgehead atoms. The molecule has 0 saturated carbocycles. The molecule has 3 rings (SSSR count). The number of rotatable bonds is 2. The summed E-state index contributed by atoms with van der Waals surface area (Å²) in [5, 5.41) is 5.60. The third kappa shape index (κ3) is 2.99. The van der Waals surface area contributed by atoms with Crippen molar-refractivity contribution in [3.8, 4) is 0 Å². The third-order valence-corrected chi connectivity index (χ3v) is 6.08. The van der Waals surface area contributed by atoms with Crippen molar-refractivity contribution in [1.29, 1.82) is 0 Å². The van der Waals surface area contributed by atoms with E-state index >= 15 is 0 Å². The van der Waals surface area contributed by atoms with Crippen LogP contribution < -0.4 is 10.6 Å². The molecular weight excluding hydrogens is 304 g/mol. The van der Waals surface area contributed by atoms with Crippen LogP contribution in [0.2, 0.25) is 0 Å². The Hall–Kier alpha value is -1.89. The lowest BCUT2D eigenvalue weighted by molar-refractivity contribution is -0.116. The van der Waals surface area contributed by atoms with Crippen molar-refractivity contribution >= 4 is 27.3 Å². The van der Waals surface area contributed by atoms with E-state index in [2.05, 4.69) is 10.6 Å². The summed E-state index contributed by atoms with van der Waals surface area (Å²) in [5.74, 6) is -0.208. The molecule has 2 amide bonds. The van der Waals surface area contributed by atoms with Gasteiger partial charge in [-0.25, -0.2) is 8.42 Å². The first-order chi connectivity index (χ1) is 10.3. The molecule has 6 nitrogen and oxygen atoms in total. The van der Waals surface area contributed by atoms with Crippen LogP contribution in [0.4, 0.5) is 5.69 Å². The van der Waals surface area contributed by atoms with Gasteiger partial charge >= 0.3 is 0 Å². The predicted molar refractivity (Wildman–Crippen MR) is 82.5 cm³/mol. The Morgan fingerprint density at radius 2 is 2.09 bits per heavy atom. The van der Waals surface area contributed by atoms with E-state index in [1.807, 2.05) is 0 Å². The smallest absolute Gasteiger partial charge is 0.251 e. The maximum Gasteiger partial charge on any atom is 0.251 e. The van der Waals surface area contributed by atoms with E-state index in [0.717, 1.165) is 11.3 Å². The van der Waals surface area contributed by atoms with E-state index < -0.39 is 15.4 Å². The van der Waals surface area contributed by atoms with Gasteiger partial charge in [-0.2, -0.15) is 0 Å². The molecule has 1 saturated heterocycles. The normalized spacial score (nSPS) is 26.1. The number of hydrogen-bond acceptors (Lipinski definition) is 4. The molecule has 1 aromatic carbocycles. The number of fused-ring (bicyclic) bond motifs is 1. The van der Waals surface area contributed by atoms with E-state index in [1.165, 1.54) is 0 Å². The lowest BCUT2D eigenvalue weighted by Crippen LogP contribution is -2.46. The van der Waals surface area contributed by atoms with Crippen LogP contribution in [0.25, 0.3) is 0 Å². The average molecular weight is 322 g/mol. The third-order valence-electron chi connectivity index (χ3n) is 4.18. The van der Waals surface area contributed by atoms with Crippen LogP contribution in [0.1, 0.15) is 35.7 Å². The summed E-state index contributed by atoms with van der Waals surface area (Å²) >= 11 is 0. The second-order valence-electron chi connectivity index (χ2n) is 6.28. The number of nitrogens with one attached hydrogen (secondary N) is 2. The van der Waals surface area contributed by atoms with Gasteiger partial charge in [0.15, 0.2) is 9.84 Å². The molecule has 0 unspecified atom stereocenters. The van der Waals surface area contributed by atoms with E-state index in [9.17, 15) is 18.0 Å². The molecule has 1 aromatic rings. The summed E-state index contributed by atoms with van der Waals surface area (Å²) in [5.41, 5.74) is 1.44. The Bertz CT molecular complexity index is 757. The van der Waals surface area contributed by atoms with E-state index in [1.54, 1.807) is 25.1 Å². The van der Waals surface area contributed by atoms with Crippen LogP contribution in [-0.4, -0.2) is 37.3 Å². The Labute approximate surface area is 129 Å². The van der Waals surface area contributed by atoms with Crippen molar-refractivity contribution in [1.82, 2.24) is 5.32 Å². The highest BCUT2D eigenvalue weighted by atomic mass is 32.2. The van der Waals surface area contributed by atoms with E-state index in [4.69, 9.17) is 0 Å². The van der Waals surface area contributed by atoms with E-state index in [-0.39, 0.29) is 23.3 Å². The van der Waals surface area contributed by atoms with Crippen LogP contribution >= 0.6 is 0 Å². The number of carbonyl (C=O) groups is 2. The molecule has 2 aliphatic rings. The molecule has 1 atom stereocenters. The fraction of sp³-hybridized carbons (Fsp3) is 0.467. The second-order valence-corrected chi connectivity index (χ2v) is 8.46. The number of hydrogen-bond donors (Lipinski definition) is 2. The van der Waals surface area contributed by atoms with Crippen molar-refractivity contribution in [2.24, 2.45) is 0 Å². The quantitative estimate of drug-likeness (QED) is 0.845. The predicted octanol–water partition coefficient (Wildman–Crippen LogP) is 0.878. The zero-order chi connectivity index (χ0) is 16.0. The highest BCUT2D eigenvalue weighted by Gasteiger charge is 2.39. The van der Waals surface area contributed by atoms with Gasteiger partial charge in [-0.05, 0) is 43.5 Å². The number of anilines is 1. The van der Waals surface area contributed by atoms with Crippen LogP contribution in [-0.2, 0) is 21.1 Å². The highest BCUT2D eigenvalue weighted by Crippen LogP contribution is 2.26. The minimum absolute atomic E-state index is 0.0200. The van der Waals surface area contributed by atoms with E-state index in [0.29, 0.717) is 24.8 Å². The molecule has 0 spiro atoms. The van der Waals surface area contributed by atoms with Gasteiger partial charge in [0.1, 0.15) is 0 Å². The van der Waals surface area contributed by atoms with Gasteiger partial charge in [0.25, 0.3) is 5.91 Å². The van der Waals surface area contributed by atoms with Crippen molar-refractivity contribution in [2.75, 3.05) is 16.8 Å². The topological polar surface area (TPSA) is 92.3 Å². The van der Waals surface area contributed by atoms with Crippen molar-refractivity contribution < 1.29 is 18.0 Å². The molecule has 2 N–H and O–H groups in total. The molecule has 0 radical (unpaired) electrons. The second kappa shape index (κ2) is 5.08. The van der Waals surface area contributed by atoms with Gasteiger partial charge in [0, 0.05) is 17.7 Å². The summed E-state index contributed by atoms with van der Waals surface area (Å²) in [7, 11) is -3.06. The molecule has 0 aromatic heterocycles. The van der Waals surface area contributed by atoms with Crippen molar-refractivity contribution in [3.63, 3.8) is 0 Å². The van der Waals surface area contributed by atoms with Crippen molar-refractivity contribution in [3.05, 3.63) is 29.3 Å². The van der Waals surface area contributed by atoms with Gasteiger partial charge < -0.3 is 10.6 Å². The molecule has 0 aliphatic carbocycles. The fourth-order valence-electron chi connectivity index (χ4n) is 2.98. The summed E-state index contributed by atoms with van der Waals surface area (Å²) < 4.78 is 23.2. The fourth-order valence-corrected chi connectivity index (χ4v) is 5.07. The first-order valence-corrected chi connectivity index (χ1v) is 9.04. The summed E-state index contributed by atoms with van der Waals surface area (Å²) in [4.78, 5) is 23.7.